The van der Waals surface area contributed by atoms with Crippen LogP contribution in [0.25, 0.3) is 0 Å². The van der Waals surface area contributed by atoms with Crippen LogP contribution in [0.3, 0.4) is 0 Å². The van der Waals surface area contributed by atoms with Gasteiger partial charge in [0, 0.05) is 30.2 Å². The third kappa shape index (κ3) is 4.02. The Morgan fingerprint density at radius 1 is 0.944 bits per heavy atom. The highest BCUT2D eigenvalue weighted by molar-refractivity contribution is 6.07. The van der Waals surface area contributed by atoms with Crippen LogP contribution >= 0.6 is 0 Å². The van der Waals surface area contributed by atoms with Gasteiger partial charge in [0.1, 0.15) is 0 Å². The molecular formula is C30H30N2O4. The normalized spacial score (nSPS) is 20.1. The minimum Gasteiger partial charge on any atom is -0.396 e. The Morgan fingerprint density at radius 3 is 2.39 bits per heavy atom. The Hall–Kier alpha value is -3.74. The number of carbonyl (C=O) groups excluding carboxylic acids is 2. The van der Waals surface area contributed by atoms with Crippen molar-refractivity contribution in [1.29, 1.82) is 0 Å². The van der Waals surface area contributed by atoms with Crippen LogP contribution in [0.15, 0.2) is 84.9 Å². The first-order valence-electron chi connectivity index (χ1n) is 12.4. The van der Waals surface area contributed by atoms with E-state index in [1.165, 1.54) is 0 Å². The Morgan fingerprint density at radius 2 is 1.64 bits per heavy atom. The number of anilines is 3. The zero-order valence-corrected chi connectivity index (χ0v) is 20.3. The van der Waals surface area contributed by atoms with Crippen molar-refractivity contribution in [3.05, 3.63) is 102 Å². The summed E-state index contributed by atoms with van der Waals surface area (Å²) < 4.78 is 0. The van der Waals surface area contributed by atoms with Crippen molar-refractivity contribution in [2.24, 2.45) is 5.92 Å². The lowest BCUT2D eigenvalue weighted by atomic mass is 9.83. The van der Waals surface area contributed by atoms with Crippen molar-refractivity contribution in [2.75, 3.05) is 16.4 Å². The summed E-state index contributed by atoms with van der Waals surface area (Å²) in [5.41, 5.74) is 3.36. The van der Waals surface area contributed by atoms with Crippen LogP contribution in [-0.4, -0.2) is 28.6 Å². The summed E-state index contributed by atoms with van der Waals surface area (Å²) in [6, 6.07) is 23.0. The van der Waals surface area contributed by atoms with Crippen molar-refractivity contribution < 1.29 is 19.8 Å². The summed E-state index contributed by atoms with van der Waals surface area (Å²) >= 11 is 0. The van der Waals surface area contributed by atoms with E-state index in [9.17, 15) is 14.7 Å². The molecule has 0 aromatic heterocycles. The number of amides is 2. The Labute approximate surface area is 211 Å². The molecule has 36 heavy (non-hydrogen) atoms. The first-order valence-corrected chi connectivity index (χ1v) is 12.4. The summed E-state index contributed by atoms with van der Waals surface area (Å²) in [5.74, 6) is -0.761. The molecule has 2 N–H and O–H groups in total. The number of carbonyl (C=O) groups is 2. The lowest BCUT2D eigenvalue weighted by molar-refractivity contribution is -0.139. The molecular weight excluding hydrogens is 452 g/mol. The van der Waals surface area contributed by atoms with Crippen molar-refractivity contribution in [3.8, 4) is 0 Å². The van der Waals surface area contributed by atoms with E-state index in [-0.39, 0.29) is 18.4 Å². The van der Waals surface area contributed by atoms with E-state index in [1.807, 2.05) is 67.6 Å². The molecule has 3 aromatic rings. The molecule has 2 atom stereocenters. The summed E-state index contributed by atoms with van der Waals surface area (Å²) in [4.78, 5) is 29.7. The van der Waals surface area contributed by atoms with E-state index in [0.29, 0.717) is 30.6 Å². The zero-order chi connectivity index (χ0) is 25.3. The second kappa shape index (κ2) is 9.72. The molecule has 0 unspecified atom stereocenters. The van der Waals surface area contributed by atoms with Crippen LogP contribution in [0.2, 0.25) is 0 Å². The van der Waals surface area contributed by atoms with Crippen LogP contribution in [0.1, 0.15) is 36.5 Å². The van der Waals surface area contributed by atoms with Crippen LogP contribution < -0.4 is 9.80 Å². The summed E-state index contributed by atoms with van der Waals surface area (Å²) in [6.45, 7) is 2.13. The predicted molar refractivity (Wildman–Crippen MR) is 140 cm³/mol. The van der Waals surface area contributed by atoms with Gasteiger partial charge in [0.15, 0.2) is 5.60 Å². The smallest absolute Gasteiger partial charge is 0.264 e. The van der Waals surface area contributed by atoms with Gasteiger partial charge in [-0.15, -0.1) is 0 Å². The molecule has 2 heterocycles. The van der Waals surface area contributed by atoms with Gasteiger partial charge in [-0.05, 0) is 48.2 Å². The first kappa shape index (κ1) is 24.0. The minimum absolute atomic E-state index is 0.0168. The number of nitrogens with zero attached hydrogens (tertiary/aromatic N) is 2. The Bertz CT molecular complexity index is 1320. The number of hydrogen-bond acceptors (Lipinski definition) is 4. The number of hydrogen-bond donors (Lipinski definition) is 2. The Balaban J connectivity index is 1.41. The number of para-hydroxylation sites is 2. The maximum Gasteiger partial charge on any atom is 0.264 e. The molecule has 5 rings (SSSR count). The summed E-state index contributed by atoms with van der Waals surface area (Å²) in [5, 5.41) is 20.7. The van der Waals surface area contributed by atoms with Gasteiger partial charge in [-0.3, -0.25) is 14.5 Å². The topological polar surface area (TPSA) is 81.1 Å². The van der Waals surface area contributed by atoms with Gasteiger partial charge in [0.2, 0.25) is 5.91 Å². The van der Waals surface area contributed by atoms with Crippen LogP contribution in [0.5, 0.6) is 0 Å². The molecule has 3 aromatic carbocycles. The highest BCUT2D eigenvalue weighted by Gasteiger charge is 2.52. The molecule has 0 radical (unpaired) electrons. The van der Waals surface area contributed by atoms with E-state index < -0.39 is 11.5 Å². The number of aliphatic hydroxyl groups excluding tert-OH is 1. The number of aliphatic hydroxyl groups is 2. The van der Waals surface area contributed by atoms with Gasteiger partial charge in [-0.2, -0.15) is 0 Å². The number of fused-ring (bicyclic) bond motifs is 2. The molecule has 0 aliphatic carbocycles. The van der Waals surface area contributed by atoms with E-state index in [0.717, 1.165) is 28.9 Å². The first-order chi connectivity index (χ1) is 17.4. The van der Waals surface area contributed by atoms with Gasteiger partial charge >= 0.3 is 0 Å². The Kier molecular flexibility index (Phi) is 6.48. The van der Waals surface area contributed by atoms with Gasteiger partial charge in [-0.1, -0.05) is 67.6 Å². The lowest BCUT2D eigenvalue weighted by Crippen LogP contribution is -2.44. The zero-order valence-electron chi connectivity index (χ0n) is 20.3. The molecule has 0 bridgehead atoms. The van der Waals surface area contributed by atoms with Crippen molar-refractivity contribution >= 4 is 28.9 Å². The molecule has 6 nitrogen and oxygen atoms in total. The number of rotatable bonds is 7. The average Bonchev–Trinajstić information content (AvgIpc) is 3.12. The summed E-state index contributed by atoms with van der Waals surface area (Å²) in [6.07, 6.45) is 5.27. The molecule has 0 spiro atoms. The molecule has 2 amide bonds. The second-order valence-corrected chi connectivity index (χ2v) is 9.43. The van der Waals surface area contributed by atoms with Gasteiger partial charge in [0.25, 0.3) is 5.91 Å². The SMILES string of the molecule is C[C@@H](/C=C/CCO)[C@]1(O)C(=O)N(Cc2ccc(N3C(=O)CCc4ccccc43)cc2)c2ccccc21. The van der Waals surface area contributed by atoms with Gasteiger partial charge in [-0.25, -0.2) is 0 Å². The number of benzene rings is 3. The van der Waals surface area contributed by atoms with Crippen molar-refractivity contribution in [2.45, 2.75) is 38.3 Å². The van der Waals surface area contributed by atoms with Gasteiger partial charge in [0.05, 0.1) is 17.9 Å². The number of aryl methyl sites for hydroxylation is 1. The molecule has 0 saturated carbocycles. The lowest BCUT2D eigenvalue weighted by Gasteiger charge is -2.30. The molecule has 6 heteroatoms. The average molecular weight is 483 g/mol. The van der Waals surface area contributed by atoms with Crippen LogP contribution in [-0.2, 0) is 28.2 Å². The predicted octanol–water partition coefficient (Wildman–Crippen LogP) is 4.61. The van der Waals surface area contributed by atoms with Gasteiger partial charge < -0.3 is 15.1 Å². The largest absolute Gasteiger partial charge is 0.396 e. The third-order valence-electron chi connectivity index (χ3n) is 7.18. The summed E-state index contributed by atoms with van der Waals surface area (Å²) in [7, 11) is 0. The van der Waals surface area contributed by atoms with E-state index in [2.05, 4.69) is 6.07 Å². The molecule has 2 aliphatic heterocycles. The highest BCUT2D eigenvalue weighted by atomic mass is 16.3. The molecule has 0 saturated heterocycles. The van der Waals surface area contributed by atoms with E-state index in [1.54, 1.807) is 28.0 Å². The molecule has 2 aliphatic rings. The van der Waals surface area contributed by atoms with Crippen molar-refractivity contribution in [1.82, 2.24) is 0 Å². The van der Waals surface area contributed by atoms with Crippen LogP contribution in [0.4, 0.5) is 17.1 Å². The quantitative estimate of drug-likeness (QED) is 0.482. The maximum absolute atomic E-state index is 13.6. The second-order valence-electron chi connectivity index (χ2n) is 9.43. The molecule has 184 valence electrons. The fourth-order valence-electron chi connectivity index (χ4n) is 5.22. The van der Waals surface area contributed by atoms with Crippen LogP contribution in [0, 0.1) is 5.92 Å². The maximum atomic E-state index is 13.6. The van der Waals surface area contributed by atoms with E-state index in [4.69, 9.17) is 5.11 Å². The standard InChI is InChI=1S/C30H30N2O4/c1-21(8-6-7-19-33)30(36)25-10-3-5-12-27(25)31(29(30)35)20-22-13-16-24(17-14-22)32-26-11-4-2-9-23(26)15-18-28(32)34/h2-6,8-14,16-17,21,33,36H,7,15,18-20H2,1H3/b8-6+/t21-,30+/m0/s1. The fraction of sp³-hybridized carbons (Fsp3) is 0.267. The minimum atomic E-state index is -1.67. The highest BCUT2D eigenvalue weighted by Crippen LogP contribution is 2.45. The third-order valence-corrected chi connectivity index (χ3v) is 7.18. The monoisotopic (exact) mass is 482 g/mol. The molecule has 0 fully saturated rings. The van der Waals surface area contributed by atoms with Crippen molar-refractivity contribution in [3.63, 3.8) is 0 Å². The fourth-order valence-corrected chi connectivity index (χ4v) is 5.22. The van der Waals surface area contributed by atoms with E-state index >= 15 is 0 Å².